The third-order valence-corrected chi connectivity index (χ3v) is 4.49. The molecule has 1 atom stereocenters. The van der Waals surface area contributed by atoms with E-state index in [2.05, 4.69) is 39.4 Å². The van der Waals surface area contributed by atoms with Crippen molar-refractivity contribution in [1.29, 1.82) is 0 Å². The van der Waals surface area contributed by atoms with E-state index in [1.54, 1.807) is 20.4 Å². The Morgan fingerprint density at radius 1 is 1.11 bits per heavy atom. The summed E-state index contributed by atoms with van der Waals surface area (Å²) in [5.74, 6) is 2.80. The molecular weight excluding hydrogens is 354 g/mol. The fourth-order valence-electron chi connectivity index (χ4n) is 3.06. The second-order valence-corrected chi connectivity index (χ2v) is 6.63. The molecule has 0 radical (unpaired) electrons. The standard InChI is InChI=1S/C21H27N5O2/c1-5-7-14(2)24-20-19-17(8-6-11-22-19)25-21(26-20)23-13-15-9-10-16(27-3)12-18(15)28-4/h6,8-12,14H,5,7,13H2,1-4H3,(H2,23,24,25,26). The van der Waals surface area contributed by atoms with Crippen LogP contribution in [-0.4, -0.2) is 35.2 Å². The van der Waals surface area contributed by atoms with Crippen molar-refractivity contribution < 1.29 is 9.47 Å². The van der Waals surface area contributed by atoms with E-state index in [4.69, 9.17) is 9.47 Å². The molecule has 2 N–H and O–H groups in total. The molecule has 0 aliphatic heterocycles. The molecule has 1 aromatic carbocycles. The van der Waals surface area contributed by atoms with Crippen molar-refractivity contribution in [2.24, 2.45) is 0 Å². The first kappa shape index (κ1) is 19.7. The Kier molecular flexibility index (Phi) is 6.47. The maximum absolute atomic E-state index is 5.47. The number of nitrogens with zero attached hydrogens (tertiary/aromatic N) is 3. The van der Waals surface area contributed by atoms with Crippen molar-refractivity contribution in [3.05, 3.63) is 42.1 Å². The SMILES string of the molecule is CCCC(C)Nc1nc(NCc2ccc(OC)cc2OC)nc2cccnc12. The summed E-state index contributed by atoms with van der Waals surface area (Å²) in [6.45, 7) is 4.85. The van der Waals surface area contributed by atoms with Crippen LogP contribution in [0.1, 0.15) is 32.3 Å². The van der Waals surface area contributed by atoms with Gasteiger partial charge in [0.1, 0.15) is 17.0 Å². The molecule has 0 aliphatic carbocycles. The smallest absolute Gasteiger partial charge is 0.225 e. The van der Waals surface area contributed by atoms with E-state index in [1.165, 1.54) is 0 Å². The van der Waals surface area contributed by atoms with Gasteiger partial charge < -0.3 is 20.1 Å². The second-order valence-electron chi connectivity index (χ2n) is 6.63. The Morgan fingerprint density at radius 3 is 2.71 bits per heavy atom. The molecule has 0 bridgehead atoms. The number of fused-ring (bicyclic) bond motifs is 1. The molecule has 7 heteroatoms. The van der Waals surface area contributed by atoms with E-state index in [-0.39, 0.29) is 0 Å². The molecule has 0 amide bonds. The lowest BCUT2D eigenvalue weighted by Gasteiger charge is -2.16. The number of benzene rings is 1. The van der Waals surface area contributed by atoms with Crippen molar-refractivity contribution >= 4 is 22.8 Å². The van der Waals surface area contributed by atoms with Gasteiger partial charge in [0.25, 0.3) is 0 Å². The van der Waals surface area contributed by atoms with Crippen molar-refractivity contribution in [2.45, 2.75) is 39.3 Å². The van der Waals surface area contributed by atoms with E-state index in [1.807, 2.05) is 30.3 Å². The maximum Gasteiger partial charge on any atom is 0.225 e. The number of pyridine rings is 1. The minimum Gasteiger partial charge on any atom is -0.497 e. The molecule has 7 nitrogen and oxygen atoms in total. The minimum atomic E-state index is 0.305. The Labute approximate surface area is 165 Å². The lowest BCUT2D eigenvalue weighted by atomic mass is 10.2. The molecular formula is C21H27N5O2. The van der Waals surface area contributed by atoms with Crippen LogP contribution in [0.15, 0.2) is 36.5 Å². The first-order valence-corrected chi connectivity index (χ1v) is 9.48. The average molecular weight is 381 g/mol. The van der Waals surface area contributed by atoms with Gasteiger partial charge in [0, 0.05) is 30.4 Å². The Bertz CT molecular complexity index is 932. The minimum absolute atomic E-state index is 0.305. The monoisotopic (exact) mass is 381 g/mol. The van der Waals surface area contributed by atoms with Gasteiger partial charge in [0.15, 0.2) is 5.82 Å². The molecule has 3 aromatic rings. The molecule has 0 saturated carbocycles. The lowest BCUT2D eigenvalue weighted by molar-refractivity contribution is 0.391. The largest absolute Gasteiger partial charge is 0.497 e. The fourth-order valence-corrected chi connectivity index (χ4v) is 3.06. The number of rotatable bonds is 9. The quantitative estimate of drug-likeness (QED) is 0.573. The first-order valence-electron chi connectivity index (χ1n) is 9.48. The molecule has 0 fully saturated rings. The Hall–Kier alpha value is -3.09. The van der Waals surface area contributed by atoms with Gasteiger partial charge in [-0.2, -0.15) is 4.98 Å². The van der Waals surface area contributed by atoms with E-state index >= 15 is 0 Å². The van der Waals surface area contributed by atoms with Crippen LogP contribution in [-0.2, 0) is 6.54 Å². The van der Waals surface area contributed by atoms with Gasteiger partial charge in [0.05, 0.1) is 19.7 Å². The molecule has 0 spiro atoms. The van der Waals surface area contributed by atoms with Crippen LogP contribution in [0, 0.1) is 0 Å². The zero-order valence-corrected chi connectivity index (χ0v) is 16.8. The van der Waals surface area contributed by atoms with Gasteiger partial charge in [-0.1, -0.05) is 13.3 Å². The normalized spacial score (nSPS) is 11.9. The van der Waals surface area contributed by atoms with Crippen LogP contribution >= 0.6 is 0 Å². The second kappa shape index (κ2) is 9.21. The lowest BCUT2D eigenvalue weighted by Crippen LogP contribution is -2.17. The predicted molar refractivity (Wildman–Crippen MR) is 112 cm³/mol. The summed E-state index contributed by atoms with van der Waals surface area (Å²) < 4.78 is 10.7. The van der Waals surface area contributed by atoms with Crippen molar-refractivity contribution in [3.63, 3.8) is 0 Å². The zero-order chi connectivity index (χ0) is 19.9. The molecule has 28 heavy (non-hydrogen) atoms. The van der Waals surface area contributed by atoms with Gasteiger partial charge in [0.2, 0.25) is 5.95 Å². The summed E-state index contributed by atoms with van der Waals surface area (Å²) >= 11 is 0. The van der Waals surface area contributed by atoms with Gasteiger partial charge in [-0.05, 0) is 37.6 Å². The highest BCUT2D eigenvalue weighted by atomic mass is 16.5. The summed E-state index contributed by atoms with van der Waals surface area (Å²) in [5.41, 5.74) is 2.57. The Morgan fingerprint density at radius 2 is 1.96 bits per heavy atom. The van der Waals surface area contributed by atoms with Crippen LogP contribution in [0.2, 0.25) is 0 Å². The summed E-state index contributed by atoms with van der Waals surface area (Å²) in [6.07, 6.45) is 3.92. The predicted octanol–water partition coefficient (Wildman–Crippen LogP) is 4.25. The number of nitrogens with one attached hydrogen (secondary N) is 2. The summed E-state index contributed by atoms with van der Waals surface area (Å²) in [7, 11) is 3.28. The number of hydrogen-bond acceptors (Lipinski definition) is 7. The molecule has 1 unspecified atom stereocenters. The van der Waals surface area contributed by atoms with E-state index in [0.29, 0.717) is 18.5 Å². The topological polar surface area (TPSA) is 81.2 Å². The molecule has 3 rings (SSSR count). The van der Waals surface area contributed by atoms with Crippen LogP contribution in [0.4, 0.5) is 11.8 Å². The average Bonchev–Trinajstić information content (AvgIpc) is 2.72. The van der Waals surface area contributed by atoms with Crippen molar-refractivity contribution in [3.8, 4) is 11.5 Å². The van der Waals surface area contributed by atoms with Crippen LogP contribution in [0.25, 0.3) is 11.0 Å². The van der Waals surface area contributed by atoms with Crippen LogP contribution in [0.5, 0.6) is 11.5 Å². The number of aromatic nitrogens is 3. The number of methoxy groups -OCH3 is 2. The number of anilines is 2. The van der Waals surface area contributed by atoms with E-state index < -0.39 is 0 Å². The number of hydrogen-bond donors (Lipinski definition) is 2. The highest BCUT2D eigenvalue weighted by molar-refractivity contribution is 5.86. The highest BCUT2D eigenvalue weighted by Crippen LogP contribution is 2.26. The van der Waals surface area contributed by atoms with Gasteiger partial charge in [-0.25, -0.2) is 4.98 Å². The van der Waals surface area contributed by atoms with Crippen LogP contribution < -0.4 is 20.1 Å². The summed E-state index contributed by atoms with van der Waals surface area (Å²) in [6, 6.07) is 9.87. The first-order chi connectivity index (χ1) is 13.6. The van der Waals surface area contributed by atoms with Crippen LogP contribution in [0.3, 0.4) is 0 Å². The van der Waals surface area contributed by atoms with Crippen molar-refractivity contribution in [2.75, 3.05) is 24.9 Å². The molecule has 2 aromatic heterocycles. The molecule has 148 valence electrons. The van der Waals surface area contributed by atoms with Gasteiger partial charge in [-0.3, -0.25) is 4.98 Å². The Balaban J connectivity index is 1.85. The highest BCUT2D eigenvalue weighted by Gasteiger charge is 2.12. The van der Waals surface area contributed by atoms with E-state index in [9.17, 15) is 0 Å². The van der Waals surface area contributed by atoms with E-state index in [0.717, 1.165) is 46.8 Å². The molecule has 0 aliphatic rings. The fraction of sp³-hybridized carbons (Fsp3) is 0.381. The molecule has 2 heterocycles. The third-order valence-electron chi connectivity index (χ3n) is 4.49. The number of ether oxygens (including phenoxy) is 2. The van der Waals surface area contributed by atoms with Crippen molar-refractivity contribution in [1.82, 2.24) is 15.0 Å². The summed E-state index contributed by atoms with van der Waals surface area (Å²) in [4.78, 5) is 13.7. The molecule has 0 saturated heterocycles. The summed E-state index contributed by atoms with van der Waals surface area (Å²) in [5, 5.41) is 6.77. The van der Waals surface area contributed by atoms with Gasteiger partial charge in [-0.15, -0.1) is 0 Å². The zero-order valence-electron chi connectivity index (χ0n) is 16.8. The maximum atomic E-state index is 5.47. The van der Waals surface area contributed by atoms with Gasteiger partial charge >= 0.3 is 0 Å². The third kappa shape index (κ3) is 4.60.